The van der Waals surface area contributed by atoms with Crippen LogP contribution in [-0.4, -0.2) is 23.6 Å². The molecule has 2 atom stereocenters. The van der Waals surface area contributed by atoms with Crippen LogP contribution < -0.4 is 10.1 Å². The largest absolute Gasteiger partial charge is 0.482 e. The van der Waals surface area contributed by atoms with Gasteiger partial charge >= 0.3 is 5.69 Å². The Morgan fingerprint density at radius 1 is 1.52 bits per heavy atom. The number of rotatable bonds is 6. The molecule has 0 spiro atoms. The number of hydrogen-bond donors (Lipinski definition) is 1. The lowest BCUT2D eigenvalue weighted by molar-refractivity contribution is -0.386. The first-order chi connectivity index (χ1) is 9.87. The van der Waals surface area contributed by atoms with Gasteiger partial charge in [-0.25, -0.2) is 0 Å². The Morgan fingerprint density at radius 2 is 2.24 bits per heavy atom. The highest BCUT2D eigenvalue weighted by molar-refractivity contribution is 9.10. The quantitative estimate of drug-likeness (QED) is 0.619. The smallest absolute Gasteiger partial charge is 0.312 e. The summed E-state index contributed by atoms with van der Waals surface area (Å²) < 4.78 is 6.59. The van der Waals surface area contributed by atoms with Gasteiger partial charge < -0.3 is 10.1 Å². The van der Waals surface area contributed by atoms with Gasteiger partial charge in [0, 0.05) is 23.9 Å². The summed E-state index contributed by atoms with van der Waals surface area (Å²) in [7, 11) is 0. The number of nitrogens with one attached hydrogen (secondary N) is 1. The standard InChI is InChI=1S/C15H21BrN2O3/c1-4-8-17-12-9-13(15(12,2)3)21-14-10(16)6-5-7-11(14)18(19)20/h5-7,12-13,17H,4,8-9H2,1-3H3. The van der Waals surface area contributed by atoms with Gasteiger partial charge in [0.05, 0.1) is 9.40 Å². The van der Waals surface area contributed by atoms with E-state index >= 15 is 0 Å². The zero-order chi connectivity index (χ0) is 15.6. The molecule has 116 valence electrons. The molecule has 21 heavy (non-hydrogen) atoms. The molecule has 0 aliphatic heterocycles. The third-order valence-corrected chi connectivity index (χ3v) is 4.85. The van der Waals surface area contributed by atoms with Crippen LogP contribution in [0.2, 0.25) is 0 Å². The van der Waals surface area contributed by atoms with Gasteiger partial charge in [-0.05, 0) is 35.0 Å². The first kappa shape index (κ1) is 16.2. The molecular weight excluding hydrogens is 336 g/mol. The first-order valence-corrected chi connectivity index (χ1v) is 8.00. The molecule has 0 heterocycles. The van der Waals surface area contributed by atoms with Gasteiger partial charge in [-0.15, -0.1) is 0 Å². The first-order valence-electron chi connectivity index (χ1n) is 7.20. The predicted molar refractivity (Wildman–Crippen MR) is 85.7 cm³/mol. The summed E-state index contributed by atoms with van der Waals surface area (Å²) in [5, 5.41) is 14.6. The second-order valence-corrected chi connectivity index (χ2v) is 6.87. The third-order valence-electron chi connectivity index (χ3n) is 4.22. The molecule has 2 rings (SSSR count). The molecule has 1 saturated carbocycles. The maximum absolute atomic E-state index is 11.1. The summed E-state index contributed by atoms with van der Waals surface area (Å²) in [6, 6.07) is 5.27. The molecule has 6 heteroatoms. The Balaban J connectivity index is 2.12. The van der Waals surface area contributed by atoms with E-state index in [4.69, 9.17) is 4.74 Å². The molecule has 1 aromatic rings. The van der Waals surface area contributed by atoms with Crippen molar-refractivity contribution in [1.82, 2.24) is 5.32 Å². The molecule has 1 aromatic carbocycles. The van der Waals surface area contributed by atoms with E-state index < -0.39 is 4.92 Å². The second kappa shape index (κ2) is 6.32. The number of nitrogens with zero attached hydrogens (tertiary/aromatic N) is 1. The summed E-state index contributed by atoms with van der Waals surface area (Å²) in [6.07, 6.45) is 1.93. The highest BCUT2D eigenvalue weighted by Gasteiger charge is 2.50. The van der Waals surface area contributed by atoms with E-state index in [1.165, 1.54) is 6.07 Å². The Hall–Kier alpha value is -1.14. The van der Waals surface area contributed by atoms with Crippen molar-refractivity contribution < 1.29 is 9.66 Å². The van der Waals surface area contributed by atoms with Crippen LogP contribution in [0, 0.1) is 15.5 Å². The van der Waals surface area contributed by atoms with Crippen molar-refractivity contribution in [2.45, 2.75) is 45.8 Å². The molecular formula is C15H21BrN2O3. The van der Waals surface area contributed by atoms with Crippen LogP contribution in [0.5, 0.6) is 5.75 Å². The summed E-state index contributed by atoms with van der Waals surface area (Å²) in [4.78, 5) is 10.7. The number of ether oxygens (including phenoxy) is 1. The van der Waals surface area contributed by atoms with Crippen LogP contribution in [-0.2, 0) is 0 Å². The van der Waals surface area contributed by atoms with Gasteiger partial charge in [-0.3, -0.25) is 10.1 Å². The van der Waals surface area contributed by atoms with Crippen LogP contribution in [0.4, 0.5) is 5.69 Å². The minimum atomic E-state index is -0.404. The monoisotopic (exact) mass is 356 g/mol. The fourth-order valence-corrected chi connectivity index (χ4v) is 3.10. The molecule has 1 aliphatic carbocycles. The maximum atomic E-state index is 11.1. The van der Waals surface area contributed by atoms with E-state index in [-0.39, 0.29) is 17.2 Å². The molecule has 0 aromatic heterocycles. The van der Waals surface area contributed by atoms with Crippen molar-refractivity contribution in [3.05, 3.63) is 32.8 Å². The fraction of sp³-hybridized carbons (Fsp3) is 0.600. The molecule has 1 fully saturated rings. The van der Waals surface area contributed by atoms with Gasteiger partial charge in [-0.1, -0.05) is 26.8 Å². The van der Waals surface area contributed by atoms with Gasteiger partial charge in [0.15, 0.2) is 0 Å². The number of hydrogen-bond acceptors (Lipinski definition) is 4. The van der Waals surface area contributed by atoms with E-state index in [1.807, 2.05) is 0 Å². The summed E-state index contributed by atoms with van der Waals surface area (Å²) in [6.45, 7) is 7.39. The number of halogens is 1. The van der Waals surface area contributed by atoms with Crippen molar-refractivity contribution in [1.29, 1.82) is 0 Å². The van der Waals surface area contributed by atoms with Crippen molar-refractivity contribution in [3.8, 4) is 5.75 Å². The van der Waals surface area contributed by atoms with Crippen LogP contribution >= 0.6 is 15.9 Å². The van der Waals surface area contributed by atoms with Crippen molar-refractivity contribution >= 4 is 21.6 Å². The Kier molecular flexibility index (Phi) is 4.88. The van der Waals surface area contributed by atoms with E-state index in [1.54, 1.807) is 12.1 Å². The highest BCUT2D eigenvalue weighted by atomic mass is 79.9. The minimum Gasteiger partial charge on any atom is -0.482 e. The van der Waals surface area contributed by atoms with Crippen molar-refractivity contribution in [3.63, 3.8) is 0 Å². The number of nitro benzene ring substituents is 1. The van der Waals surface area contributed by atoms with E-state index in [2.05, 4.69) is 42.0 Å². The zero-order valence-corrected chi connectivity index (χ0v) is 14.1. The lowest BCUT2D eigenvalue weighted by Gasteiger charge is -2.51. The van der Waals surface area contributed by atoms with Crippen LogP contribution in [0.15, 0.2) is 22.7 Å². The summed E-state index contributed by atoms with van der Waals surface area (Å²) in [5.41, 5.74) is -0.0386. The average Bonchev–Trinajstić information content (AvgIpc) is 2.43. The topological polar surface area (TPSA) is 64.4 Å². The van der Waals surface area contributed by atoms with Gasteiger partial charge in [-0.2, -0.15) is 0 Å². The summed E-state index contributed by atoms with van der Waals surface area (Å²) >= 11 is 3.35. The Labute approximate surface area is 133 Å². The number of benzene rings is 1. The zero-order valence-electron chi connectivity index (χ0n) is 12.6. The summed E-state index contributed by atoms with van der Waals surface area (Å²) in [5.74, 6) is 0.328. The molecule has 0 saturated heterocycles. The molecule has 0 radical (unpaired) electrons. The molecule has 1 aliphatic rings. The Bertz CT molecular complexity index is 534. The van der Waals surface area contributed by atoms with Crippen LogP contribution in [0.25, 0.3) is 0 Å². The Morgan fingerprint density at radius 3 is 2.81 bits per heavy atom. The van der Waals surface area contributed by atoms with E-state index in [0.717, 1.165) is 19.4 Å². The van der Waals surface area contributed by atoms with E-state index in [0.29, 0.717) is 16.3 Å². The lowest BCUT2D eigenvalue weighted by atomic mass is 9.64. The number of para-hydroxylation sites is 1. The maximum Gasteiger partial charge on any atom is 0.312 e. The molecule has 0 amide bonds. The number of nitro groups is 1. The van der Waals surface area contributed by atoms with Crippen molar-refractivity contribution in [2.24, 2.45) is 5.41 Å². The third kappa shape index (κ3) is 3.21. The molecule has 5 nitrogen and oxygen atoms in total. The van der Waals surface area contributed by atoms with Gasteiger partial charge in [0.1, 0.15) is 6.10 Å². The SMILES string of the molecule is CCCNC1CC(Oc2c(Br)cccc2[N+](=O)[O-])C1(C)C. The van der Waals surface area contributed by atoms with E-state index in [9.17, 15) is 10.1 Å². The highest BCUT2D eigenvalue weighted by Crippen LogP contribution is 2.46. The van der Waals surface area contributed by atoms with Gasteiger partial charge in [0.2, 0.25) is 5.75 Å². The minimum absolute atomic E-state index is 0.00476. The second-order valence-electron chi connectivity index (χ2n) is 6.02. The normalized spacial score (nSPS) is 23.4. The predicted octanol–water partition coefficient (Wildman–Crippen LogP) is 3.90. The van der Waals surface area contributed by atoms with Crippen LogP contribution in [0.3, 0.4) is 0 Å². The van der Waals surface area contributed by atoms with Crippen molar-refractivity contribution in [2.75, 3.05) is 6.54 Å². The lowest BCUT2D eigenvalue weighted by Crippen LogP contribution is -2.62. The molecule has 0 bridgehead atoms. The van der Waals surface area contributed by atoms with Gasteiger partial charge in [0.25, 0.3) is 0 Å². The average molecular weight is 357 g/mol. The van der Waals surface area contributed by atoms with Crippen LogP contribution in [0.1, 0.15) is 33.6 Å². The fourth-order valence-electron chi connectivity index (χ4n) is 2.65. The molecule has 1 N–H and O–H groups in total. The molecule has 2 unspecified atom stereocenters.